The number of nitrogens with one attached hydrogen (secondary N) is 1. The van der Waals surface area contributed by atoms with Crippen molar-refractivity contribution < 1.29 is 4.79 Å². The van der Waals surface area contributed by atoms with Crippen molar-refractivity contribution in [3.63, 3.8) is 0 Å². The van der Waals surface area contributed by atoms with Crippen molar-refractivity contribution in [1.29, 1.82) is 5.26 Å². The fourth-order valence-electron chi connectivity index (χ4n) is 1.08. The molecule has 0 spiro atoms. The van der Waals surface area contributed by atoms with E-state index in [1.54, 1.807) is 17.1 Å². The molecule has 0 aliphatic heterocycles. The summed E-state index contributed by atoms with van der Waals surface area (Å²) < 4.78 is 1.66. The first-order valence-corrected chi connectivity index (χ1v) is 4.60. The van der Waals surface area contributed by atoms with E-state index in [1.165, 1.54) is 0 Å². The smallest absolute Gasteiger partial charge is 0.240 e. The summed E-state index contributed by atoms with van der Waals surface area (Å²) in [7, 11) is 0. The van der Waals surface area contributed by atoms with Crippen LogP contribution in [0.15, 0.2) is 12.5 Å². The normalized spacial score (nSPS) is 9.60. The molecule has 1 heterocycles. The lowest BCUT2D eigenvalue weighted by atomic mass is 10.4. The van der Waals surface area contributed by atoms with Crippen LogP contribution in [-0.2, 0) is 17.9 Å². The first-order chi connectivity index (χ1) is 7.26. The van der Waals surface area contributed by atoms with E-state index < -0.39 is 0 Å². The van der Waals surface area contributed by atoms with Crippen molar-refractivity contribution >= 4 is 5.91 Å². The fraction of sp³-hybridized carbons (Fsp3) is 0.444. The number of imidazole rings is 1. The Bertz CT molecular complexity index is 365. The first kappa shape index (κ1) is 11.2. The molecule has 0 fully saturated rings. The summed E-state index contributed by atoms with van der Waals surface area (Å²) in [5.41, 5.74) is 6.13. The lowest BCUT2D eigenvalue weighted by Gasteiger charge is -2.02. The third-order valence-electron chi connectivity index (χ3n) is 1.78. The number of hydrogen-bond donors (Lipinski definition) is 2. The Kier molecular flexibility index (Phi) is 4.31. The number of rotatable bonds is 5. The van der Waals surface area contributed by atoms with Crippen molar-refractivity contribution in [3.05, 3.63) is 18.2 Å². The number of nitrogens with two attached hydrogens (primary N) is 1. The van der Waals surface area contributed by atoms with Crippen LogP contribution in [-0.4, -0.2) is 22.0 Å². The van der Waals surface area contributed by atoms with Gasteiger partial charge in [-0.15, -0.1) is 0 Å². The van der Waals surface area contributed by atoms with Gasteiger partial charge in [-0.25, -0.2) is 4.98 Å². The monoisotopic (exact) mass is 207 g/mol. The predicted molar refractivity (Wildman–Crippen MR) is 53.4 cm³/mol. The molecule has 1 aromatic rings. The maximum Gasteiger partial charge on any atom is 0.240 e. The fourth-order valence-corrected chi connectivity index (χ4v) is 1.08. The minimum atomic E-state index is -0.133. The molecule has 6 nitrogen and oxygen atoms in total. The van der Waals surface area contributed by atoms with Gasteiger partial charge in [0.2, 0.25) is 5.91 Å². The van der Waals surface area contributed by atoms with Crippen molar-refractivity contribution in [3.8, 4) is 6.07 Å². The summed E-state index contributed by atoms with van der Waals surface area (Å²) in [4.78, 5) is 15.3. The van der Waals surface area contributed by atoms with Gasteiger partial charge in [-0.2, -0.15) is 5.26 Å². The highest BCUT2D eigenvalue weighted by molar-refractivity contribution is 5.75. The Morgan fingerprint density at radius 2 is 2.53 bits per heavy atom. The van der Waals surface area contributed by atoms with Gasteiger partial charge in [0.1, 0.15) is 6.54 Å². The van der Waals surface area contributed by atoms with E-state index in [9.17, 15) is 4.79 Å². The zero-order valence-electron chi connectivity index (χ0n) is 8.31. The SMILES string of the molecule is N#CCCNC(=O)Cn1cnc(CN)c1. The van der Waals surface area contributed by atoms with Gasteiger partial charge < -0.3 is 15.6 Å². The van der Waals surface area contributed by atoms with Crippen molar-refractivity contribution in [2.24, 2.45) is 5.73 Å². The number of hydrogen-bond acceptors (Lipinski definition) is 4. The van der Waals surface area contributed by atoms with Gasteiger partial charge in [0, 0.05) is 19.3 Å². The number of nitrogens with zero attached hydrogens (tertiary/aromatic N) is 3. The van der Waals surface area contributed by atoms with Gasteiger partial charge in [-0.3, -0.25) is 4.79 Å². The molecule has 0 aromatic carbocycles. The quantitative estimate of drug-likeness (QED) is 0.628. The molecule has 1 amide bonds. The van der Waals surface area contributed by atoms with Gasteiger partial charge in [0.05, 0.1) is 24.5 Å². The standard InChI is InChI=1S/C9H13N5O/c10-2-1-3-12-9(15)6-14-5-8(4-11)13-7-14/h5,7H,1,3-4,6,11H2,(H,12,15). The Balaban J connectivity index is 2.34. The molecule has 1 rings (SSSR count). The minimum Gasteiger partial charge on any atom is -0.354 e. The second-order valence-corrected chi connectivity index (χ2v) is 3.00. The zero-order valence-corrected chi connectivity index (χ0v) is 8.31. The Morgan fingerprint density at radius 1 is 1.73 bits per heavy atom. The second-order valence-electron chi connectivity index (χ2n) is 3.00. The second kappa shape index (κ2) is 5.78. The summed E-state index contributed by atoms with van der Waals surface area (Å²) >= 11 is 0. The predicted octanol–water partition coefficient (Wildman–Crippen LogP) is -0.628. The van der Waals surface area contributed by atoms with Crippen molar-refractivity contribution in [2.45, 2.75) is 19.5 Å². The summed E-state index contributed by atoms with van der Waals surface area (Å²) in [5.74, 6) is -0.133. The first-order valence-electron chi connectivity index (χ1n) is 4.60. The molecule has 0 saturated carbocycles. The maximum atomic E-state index is 11.3. The van der Waals surface area contributed by atoms with E-state index in [-0.39, 0.29) is 12.5 Å². The lowest BCUT2D eigenvalue weighted by Crippen LogP contribution is -2.27. The van der Waals surface area contributed by atoms with Gasteiger partial charge in [0.25, 0.3) is 0 Å². The van der Waals surface area contributed by atoms with Crippen molar-refractivity contribution in [1.82, 2.24) is 14.9 Å². The molecule has 0 saturated heterocycles. The van der Waals surface area contributed by atoms with Crippen LogP contribution in [0.2, 0.25) is 0 Å². The molecular weight excluding hydrogens is 194 g/mol. The summed E-state index contributed by atoms with van der Waals surface area (Å²) in [6, 6.07) is 1.95. The average Bonchev–Trinajstić information content (AvgIpc) is 2.66. The molecule has 0 aliphatic rings. The highest BCUT2D eigenvalue weighted by Gasteiger charge is 2.02. The molecule has 0 radical (unpaired) electrons. The zero-order chi connectivity index (χ0) is 11.1. The van der Waals surface area contributed by atoms with Gasteiger partial charge in [-0.05, 0) is 0 Å². The third kappa shape index (κ3) is 3.79. The van der Waals surface area contributed by atoms with E-state index in [0.717, 1.165) is 5.69 Å². The van der Waals surface area contributed by atoms with Crippen LogP contribution in [0, 0.1) is 11.3 Å². The van der Waals surface area contributed by atoms with Gasteiger partial charge >= 0.3 is 0 Å². The third-order valence-corrected chi connectivity index (χ3v) is 1.78. The Morgan fingerprint density at radius 3 is 3.13 bits per heavy atom. The number of carbonyl (C=O) groups excluding carboxylic acids is 1. The van der Waals surface area contributed by atoms with Gasteiger partial charge in [0.15, 0.2) is 0 Å². The van der Waals surface area contributed by atoms with E-state index in [1.807, 2.05) is 6.07 Å². The Hall–Kier alpha value is -1.87. The minimum absolute atomic E-state index is 0.133. The number of carbonyl (C=O) groups is 1. The largest absolute Gasteiger partial charge is 0.354 e. The Labute approximate surface area is 87.7 Å². The molecular formula is C9H13N5O. The number of aromatic nitrogens is 2. The number of nitriles is 1. The molecule has 6 heteroatoms. The van der Waals surface area contributed by atoms with Crippen LogP contribution in [0.1, 0.15) is 12.1 Å². The maximum absolute atomic E-state index is 11.3. The van der Waals surface area contributed by atoms with Crippen LogP contribution < -0.4 is 11.1 Å². The summed E-state index contributed by atoms with van der Waals surface area (Å²) in [6.07, 6.45) is 3.61. The van der Waals surface area contributed by atoms with Crippen LogP contribution in [0.5, 0.6) is 0 Å². The van der Waals surface area contributed by atoms with Gasteiger partial charge in [-0.1, -0.05) is 0 Å². The van der Waals surface area contributed by atoms with E-state index >= 15 is 0 Å². The summed E-state index contributed by atoms with van der Waals surface area (Å²) in [6.45, 7) is 0.954. The van der Waals surface area contributed by atoms with Crippen LogP contribution in [0.4, 0.5) is 0 Å². The lowest BCUT2D eigenvalue weighted by molar-refractivity contribution is -0.121. The molecule has 0 aliphatic carbocycles. The van der Waals surface area contributed by atoms with Crippen LogP contribution in [0.3, 0.4) is 0 Å². The molecule has 0 unspecified atom stereocenters. The average molecular weight is 207 g/mol. The molecule has 15 heavy (non-hydrogen) atoms. The van der Waals surface area contributed by atoms with Crippen LogP contribution >= 0.6 is 0 Å². The number of amides is 1. The molecule has 1 aromatic heterocycles. The molecule has 0 atom stereocenters. The topological polar surface area (TPSA) is 96.7 Å². The highest BCUT2D eigenvalue weighted by Crippen LogP contribution is 1.94. The highest BCUT2D eigenvalue weighted by atomic mass is 16.1. The van der Waals surface area contributed by atoms with E-state index in [2.05, 4.69) is 10.3 Å². The van der Waals surface area contributed by atoms with Crippen LogP contribution in [0.25, 0.3) is 0 Å². The van der Waals surface area contributed by atoms with E-state index in [4.69, 9.17) is 11.0 Å². The van der Waals surface area contributed by atoms with Crippen molar-refractivity contribution in [2.75, 3.05) is 6.54 Å². The molecule has 0 bridgehead atoms. The molecule has 3 N–H and O–H groups in total. The van der Waals surface area contributed by atoms with E-state index in [0.29, 0.717) is 19.5 Å². The molecule has 80 valence electrons. The summed E-state index contributed by atoms with van der Waals surface area (Å²) in [5, 5.41) is 10.9.